The molecule has 0 amide bonds. The second-order valence-electron chi connectivity index (χ2n) is 12.3. The van der Waals surface area contributed by atoms with E-state index in [2.05, 4.69) is 144 Å². The molecule has 0 atom stereocenters. The molecule has 0 aliphatic heterocycles. The Morgan fingerprint density at radius 3 is 1.37 bits per heavy atom. The van der Waals surface area contributed by atoms with Crippen LogP contribution >= 0.6 is 0 Å². The molecule has 0 radical (unpaired) electrons. The lowest BCUT2D eigenvalue weighted by atomic mass is 9.95. The van der Waals surface area contributed by atoms with E-state index in [0.29, 0.717) is 11.8 Å². The minimum absolute atomic E-state index is 0.610. The first-order valence-corrected chi connectivity index (χ1v) is 16.4. The Morgan fingerprint density at radius 1 is 0.347 bits per heavy atom. The lowest BCUT2D eigenvalue weighted by Crippen LogP contribution is -2.02. The maximum absolute atomic E-state index is 5.33. The summed E-state index contributed by atoms with van der Waals surface area (Å²) in [5.41, 5.74) is 9.18. The van der Waals surface area contributed by atoms with Gasteiger partial charge in [-0.2, -0.15) is 0 Å². The van der Waals surface area contributed by atoms with E-state index in [1.165, 1.54) is 10.8 Å². The summed E-state index contributed by atoms with van der Waals surface area (Å²) in [6, 6.07) is 52.8. The van der Waals surface area contributed by atoms with Gasteiger partial charge in [0.2, 0.25) is 5.95 Å². The van der Waals surface area contributed by atoms with Crippen LogP contribution in [0.1, 0.15) is 0 Å². The Labute approximate surface area is 281 Å². The van der Waals surface area contributed by atoms with Crippen LogP contribution in [0.15, 0.2) is 164 Å². The number of rotatable bonds is 4. The molecule has 228 valence electrons. The zero-order valence-electron chi connectivity index (χ0n) is 26.3. The van der Waals surface area contributed by atoms with Gasteiger partial charge in [-0.05, 0) is 63.4 Å². The van der Waals surface area contributed by atoms with Crippen LogP contribution < -0.4 is 0 Å². The third kappa shape index (κ3) is 4.40. The van der Waals surface area contributed by atoms with Crippen molar-refractivity contribution in [3.63, 3.8) is 0 Å². The Kier molecular flexibility index (Phi) is 6.11. The molecular formula is C44H27N5. The summed E-state index contributed by atoms with van der Waals surface area (Å²) in [6.45, 7) is 0. The van der Waals surface area contributed by atoms with Crippen LogP contribution in [0.25, 0.3) is 94.0 Å². The third-order valence-corrected chi connectivity index (χ3v) is 9.48. The van der Waals surface area contributed by atoms with Crippen molar-refractivity contribution in [1.29, 1.82) is 0 Å². The first-order valence-electron chi connectivity index (χ1n) is 16.4. The zero-order chi connectivity index (χ0) is 32.3. The molecule has 0 unspecified atom stereocenters. The first-order chi connectivity index (χ1) is 24.3. The molecular weight excluding hydrogens is 599 g/mol. The van der Waals surface area contributed by atoms with Gasteiger partial charge in [0.15, 0.2) is 5.82 Å². The van der Waals surface area contributed by atoms with Crippen LogP contribution in [0.2, 0.25) is 0 Å². The zero-order valence-corrected chi connectivity index (χ0v) is 26.3. The van der Waals surface area contributed by atoms with Gasteiger partial charge in [0.05, 0.1) is 11.0 Å². The van der Waals surface area contributed by atoms with E-state index in [1.54, 1.807) is 0 Å². The van der Waals surface area contributed by atoms with Crippen molar-refractivity contribution >= 4 is 54.4 Å². The van der Waals surface area contributed by atoms with E-state index in [1.807, 2.05) is 24.5 Å². The highest BCUT2D eigenvalue weighted by Crippen LogP contribution is 2.37. The topological polar surface area (TPSA) is 56.5 Å². The fourth-order valence-electron chi connectivity index (χ4n) is 7.20. The molecule has 10 rings (SSSR count). The van der Waals surface area contributed by atoms with Gasteiger partial charge in [0.25, 0.3) is 0 Å². The quantitative estimate of drug-likeness (QED) is 0.183. The van der Waals surface area contributed by atoms with E-state index < -0.39 is 0 Å². The van der Waals surface area contributed by atoms with Gasteiger partial charge in [0, 0.05) is 39.5 Å². The molecule has 0 bridgehead atoms. The van der Waals surface area contributed by atoms with Crippen LogP contribution in [-0.4, -0.2) is 24.5 Å². The SMILES string of the molecule is c1ccc(-c2cc(-c3ccccc3)cc(-c3ncc4c5ccccc5c5cnc(-n6c7ccccc7c7ccccc76)nc5c4n3)c2)cc1. The summed E-state index contributed by atoms with van der Waals surface area (Å²) < 4.78 is 2.16. The van der Waals surface area contributed by atoms with Crippen molar-refractivity contribution in [1.82, 2.24) is 24.5 Å². The van der Waals surface area contributed by atoms with E-state index in [0.717, 1.165) is 71.4 Å². The second kappa shape index (κ2) is 10.9. The van der Waals surface area contributed by atoms with E-state index in [-0.39, 0.29) is 0 Å². The summed E-state index contributed by atoms with van der Waals surface area (Å²) >= 11 is 0. The summed E-state index contributed by atoms with van der Waals surface area (Å²) in [7, 11) is 0. The molecule has 0 fully saturated rings. The Balaban J connectivity index is 1.25. The minimum Gasteiger partial charge on any atom is -0.278 e. The van der Waals surface area contributed by atoms with E-state index in [9.17, 15) is 0 Å². The molecule has 0 saturated carbocycles. The van der Waals surface area contributed by atoms with Crippen molar-refractivity contribution in [2.45, 2.75) is 0 Å². The van der Waals surface area contributed by atoms with Gasteiger partial charge in [-0.25, -0.2) is 19.9 Å². The molecule has 7 aromatic carbocycles. The second-order valence-corrected chi connectivity index (χ2v) is 12.3. The molecule has 5 heteroatoms. The Morgan fingerprint density at radius 2 is 0.796 bits per heavy atom. The Bertz CT molecular complexity index is 2770. The minimum atomic E-state index is 0.610. The number of hydrogen-bond donors (Lipinski definition) is 0. The highest BCUT2D eigenvalue weighted by molar-refractivity contribution is 6.23. The van der Waals surface area contributed by atoms with Gasteiger partial charge < -0.3 is 0 Å². The first kappa shape index (κ1) is 27.4. The van der Waals surface area contributed by atoms with Crippen LogP contribution in [0.3, 0.4) is 0 Å². The summed E-state index contributed by atoms with van der Waals surface area (Å²) in [5.74, 6) is 1.26. The molecule has 3 heterocycles. The standard InChI is InChI=1S/C44H27N5/c1-3-13-28(14-4-1)30-23-31(29-15-5-2-6-16-29)25-32(24-30)43-45-26-37-33-17-7-8-18-34(33)38-27-46-44(48-42(38)41(37)47-43)49-39-21-11-9-19-35(39)36-20-10-12-22-40(36)49/h1-27H. The molecule has 49 heavy (non-hydrogen) atoms. The number of para-hydroxylation sites is 2. The van der Waals surface area contributed by atoms with E-state index in [4.69, 9.17) is 19.9 Å². The third-order valence-electron chi connectivity index (χ3n) is 9.48. The monoisotopic (exact) mass is 625 g/mol. The molecule has 10 aromatic rings. The van der Waals surface area contributed by atoms with Gasteiger partial charge >= 0.3 is 0 Å². The molecule has 0 spiro atoms. The summed E-state index contributed by atoms with van der Waals surface area (Å²) in [4.78, 5) is 20.6. The van der Waals surface area contributed by atoms with E-state index >= 15 is 0 Å². The fraction of sp³-hybridized carbons (Fsp3) is 0. The van der Waals surface area contributed by atoms with Gasteiger partial charge in [0.1, 0.15) is 11.0 Å². The summed E-state index contributed by atoms with van der Waals surface area (Å²) in [5, 5.41) is 6.41. The molecule has 0 aliphatic carbocycles. The van der Waals surface area contributed by atoms with Crippen LogP contribution in [0.5, 0.6) is 0 Å². The van der Waals surface area contributed by atoms with Crippen molar-refractivity contribution in [2.75, 3.05) is 0 Å². The number of fused-ring (bicyclic) bond motifs is 9. The smallest absolute Gasteiger partial charge is 0.235 e. The maximum Gasteiger partial charge on any atom is 0.235 e. The molecule has 5 nitrogen and oxygen atoms in total. The van der Waals surface area contributed by atoms with Crippen LogP contribution in [0, 0.1) is 0 Å². The van der Waals surface area contributed by atoms with Crippen molar-refractivity contribution in [3.8, 4) is 39.6 Å². The molecule has 3 aromatic heterocycles. The lowest BCUT2D eigenvalue weighted by Gasteiger charge is -2.13. The van der Waals surface area contributed by atoms with Gasteiger partial charge in [-0.15, -0.1) is 0 Å². The predicted octanol–water partition coefficient (Wildman–Crippen LogP) is 10.8. The normalized spacial score (nSPS) is 11.7. The largest absolute Gasteiger partial charge is 0.278 e. The van der Waals surface area contributed by atoms with Crippen molar-refractivity contribution < 1.29 is 0 Å². The van der Waals surface area contributed by atoms with Gasteiger partial charge in [-0.3, -0.25) is 4.57 Å². The fourth-order valence-corrected chi connectivity index (χ4v) is 7.20. The summed E-state index contributed by atoms with van der Waals surface area (Å²) in [6.07, 6.45) is 3.91. The number of benzene rings is 7. The number of aromatic nitrogens is 5. The van der Waals surface area contributed by atoms with Crippen LogP contribution in [0.4, 0.5) is 0 Å². The highest BCUT2D eigenvalue weighted by Gasteiger charge is 2.18. The average Bonchev–Trinajstić information content (AvgIpc) is 3.52. The average molecular weight is 626 g/mol. The molecule has 0 saturated heterocycles. The lowest BCUT2D eigenvalue weighted by molar-refractivity contribution is 1.01. The highest BCUT2D eigenvalue weighted by atomic mass is 15.2. The Hall–Kier alpha value is -6.72. The number of nitrogens with zero attached hydrogens (tertiary/aromatic N) is 5. The maximum atomic E-state index is 5.33. The molecule has 0 aliphatic rings. The number of hydrogen-bond acceptors (Lipinski definition) is 4. The predicted molar refractivity (Wildman–Crippen MR) is 201 cm³/mol. The molecule has 0 N–H and O–H groups in total. The van der Waals surface area contributed by atoms with Crippen LogP contribution in [-0.2, 0) is 0 Å². The van der Waals surface area contributed by atoms with Crippen molar-refractivity contribution in [3.05, 3.63) is 164 Å². The van der Waals surface area contributed by atoms with Gasteiger partial charge in [-0.1, -0.05) is 121 Å². The van der Waals surface area contributed by atoms with Crippen molar-refractivity contribution in [2.24, 2.45) is 0 Å².